The largest absolute Gasteiger partial charge is 0.416 e. The van der Waals surface area contributed by atoms with Gasteiger partial charge in [-0.05, 0) is 50.2 Å². The van der Waals surface area contributed by atoms with Gasteiger partial charge in [0.1, 0.15) is 5.69 Å². The molecule has 0 aliphatic rings. The Kier molecular flexibility index (Phi) is 5.97. The minimum Gasteiger partial charge on any atom is -0.339 e. The number of hydrogen-bond acceptors (Lipinski definition) is 3. The summed E-state index contributed by atoms with van der Waals surface area (Å²) in [5.74, 6) is -0.833. The van der Waals surface area contributed by atoms with Crippen LogP contribution < -0.4 is 5.32 Å². The van der Waals surface area contributed by atoms with Crippen LogP contribution in [0.4, 0.5) is 18.9 Å². The van der Waals surface area contributed by atoms with Gasteiger partial charge in [-0.25, -0.2) is 0 Å². The highest BCUT2D eigenvalue weighted by molar-refractivity contribution is 6.04. The fourth-order valence-electron chi connectivity index (χ4n) is 2.32. The molecule has 0 fully saturated rings. The molecule has 1 aromatic heterocycles. The Balaban J connectivity index is 2.15. The van der Waals surface area contributed by atoms with E-state index in [1.807, 2.05) is 13.8 Å². The zero-order chi connectivity index (χ0) is 19.3. The normalized spacial score (nSPS) is 11.1. The monoisotopic (exact) mass is 365 g/mol. The van der Waals surface area contributed by atoms with Crippen LogP contribution in [0.25, 0.3) is 0 Å². The van der Waals surface area contributed by atoms with Crippen molar-refractivity contribution < 1.29 is 22.8 Å². The second kappa shape index (κ2) is 7.99. The first-order valence-corrected chi connectivity index (χ1v) is 8.00. The molecule has 8 heteroatoms. The molecule has 1 N–H and O–H groups in total. The Labute approximate surface area is 148 Å². The van der Waals surface area contributed by atoms with E-state index < -0.39 is 17.6 Å². The molecule has 0 saturated heterocycles. The highest BCUT2D eigenvalue weighted by Crippen LogP contribution is 2.29. The third kappa shape index (κ3) is 4.59. The van der Waals surface area contributed by atoms with Crippen LogP contribution in [0.1, 0.15) is 40.3 Å². The van der Waals surface area contributed by atoms with Crippen LogP contribution >= 0.6 is 0 Å². The fraction of sp³-hybridized carbons (Fsp3) is 0.278. The molecule has 2 aromatic rings. The van der Waals surface area contributed by atoms with Crippen LogP contribution in [0, 0.1) is 0 Å². The number of nitrogens with one attached hydrogen (secondary N) is 1. The van der Waals surface area contributed by atoms with Crippen LogP contribution in [0.2, 0.25) is 0 Å². The smallest absolute Gasteiger partial charge is 0.339 e. The maximum absolute atomic E-state index is 12.6. The molecule has 0 unspecified atom stereocenters. The van der Waals surface area contributed by atoms with Gasteiger partial charge in [-0.3, -0.25) is 14.6 Å². The van der Waals surface area contributed by atoms with Crippen molar-refractivity contribution in [2.24, 2.45) is 0 Å². The number of carbonyl (C=O) groups is 2. The number of aromatic nitrogens is 1. The van der Waals surface area contributed by atoms with Crippen LogP contribution in [0.5, 0.6) is 0 Å². The molecule has 0 saturated carbocycles. The summed E-state index contributed by atoms with van der Waals surface area (Å²) in [6.07, 6.45) is -3.10. The summed E-state index contributed by atoms with van der Waals surface area (Å²) in [6.45, 7) is 4.76. The average molecular weight is 365 g/mol. The summed E-state index contributed by atoms with van der Waals surface area (Å²) < 4.78 is 37.7. The Morgan fingerprint density at radius 1 is 1.08 bits per heavy atom. The number of amides is 2. The van der Waals surface area contributed by atoms with Crippen LogP contribution in [0.15, 0.2) is 42.6 Å². The molecule has 0 bridgehead atoms. The molecule has 0 atom stereocenters. The van der Waals surface area contributed by atoms with Crippen molar-refractivity contribution in [1.82, 2.24) is 9.88 Å². The zero-order valence-corrected chi connectivity index (χ0v) is 14.3. The van der Waals surface area contributed by atoms with Gasteiger partial charge >= 0.3 is 6.18 Å². The van der Waals surface area contributed by atoms with Gasteiger partial charge in [0, 0.05) is 30.5 Å². The molecule has 26 heavy (non-hydrogen) atoms. The molecule has 138 valence electrons. The highest BCUT2D eigenvalue weighted by atomic mass is 19.4. The first-order chi connectivity index (χ1) is 12.3. The summed E-state index contributed by atoms with van der Waals surface area (Å²) in [4.78, 5) is 30.1. The lowest BCUT2D eigenvalue weighted by Gasteiger charge is -2.18. The Bertz CT molecular complexity index is 785. The molecule has 1 heterocycles. The molecule has 2 rings (SSSR count). The minimum absolute atomic E-state index is 0.00269. The average Bonchev–Trinajstić information content (AvgIpc) is 2.62. The standard InChI is InChI=1S/C18H18F3N3O2/c1-3-24(4-2)17(26)12-9-10-22-15(11-12)16(25)23-14-7-5-13(6-8-14)18(19,20)21/h5-11H,3-4H2,1-2H3,(H,23,25). The van der Waals surface area contributed by atoms with Crippen LogP contribution in [-0.4, -0.2) is 34.8 Å². The van der Waals surface area contributed by atoms with Crippen molar-refractivity contribution in [2.75, 3.05) is 18.4 Å². The molecule has 1 aromatic carbocycles. The molecule has 5 nitrogen and oxygen atoms in total. The van der Waals surface area contributed by atoms with Gasteiger partial charge in [0.2, 0.25) is 0 Å². The zero-order valence-electron chi connectivity index (χ0n) is 14.3. The Hall–Kier alpha value is -2.90. The first kappa shape index (κ1) is 19.4. The lowest BCUT2D eigenvalue weighted by molar-refractivity contribution is -0.137. The third-order valence-electron chi connectivity index (χ3n) is 3.76. The highest BCUT2D eigenvalue weighted by Gasteiger charge is 2.30. The van der Waals surface area contributed by atoms with Crippen molar-refractivity contribution in [3.05, 3.63) is 59.4 Å². The van der Waals surface area contributed by atoms with E-state index in [1.54, 1.807) is 4.90 Å². The first-order valence-electron chi connectivity index (χ1n) is 8.00. The second-order valence-electron chi connectivity index (χ2n) is 5.44. The summed E-state index contributed by atoms with van der Waals surface area (Å²) >= 11 is 0. The maximum atomic E-state index is 12.6. The Morgan fingerprint density at radius 2 is 1.69 bits per heavy atom. The van der Waals surface area contributed by atoms with Crippen molar-refractivity contribution in [3.8, 4) is 0 Å². The number of hydrogen-bond donors (Lipinski definition) is 1. The number of pyridine rings is 1. The van der Waals surface area contributed by atoms with Crippen LogP contribution in [0.3, 0.4) is 0 Å². The van der Waals surface area contributed by atoms with Gasteiger partial charge in [0.25, 0.3) is 11.8 Å². The number of alkyl halides is 3. The third-order valence-corrected chi connectivity index (χ3v) is 3.76. The van der Waals surface area contributed by atoms with E-state index in [0.717, 1.165) is 24.3 Å². The molecule has 2 amide bonds. The quantitative estimate of drug-likeness (QED) is 0.876. The van der Waals surface area contributed by atoms with E-state index in [9.17, 15) is 22.8 Å². The van der Waals surface area contributed by atoms with E-state index in [4.69, 9.17) is 0 Å². The topological polar surface area (TPSA) is 62.3 Å². The fourth-order valence-corrected chi connectivity index (χ4v) is 2.32. The number of anilines is 1. The lowest BCUT2D eigenvalue weighted by atomic mass is 10.1. The van der Waals surface area contributed by atoms with Crippen molar-refractivity contribution in [2.45, 2.75) is 20.0 Å². The van der Waals surface area contributed by atoms with E-state index >= 15 is 0 Å². The van der Waals surface area contributed by atoms with Gasteiger partial charge in [-0.1, -0.05) is 0 Å². The summed E-state index contributed by atoms with van der Waals surface area (Å²) in [5.41, 5.74) is -0.283. The number of benzene rings is 1. The molecule has 0 aliphatic carbocycles. The minimum atomic E-state index is -4.44. The SMILES string of the molecule is CCN(CC)C(=O)c1ccnc(C(=O)Nc2ccc(C(F)(F)F)cc2)c1. The maximum Gasteiger partial charge on any atom is 0.416 e. The predicted octanol–water partition coefficient (Wildman–Crippen LogP) is 3.83. The molecule has 0 spiro atoms. The Morgan fingerprint density at radius 3 is 2.23 bits per heavy atom. The van der Waals surface area contributed by atoms with E-state index in [1.165, 1.54) is 18.3 Å². The van der Waals surface area contributed by atoms with E-state index in [0.29, 0.717) is 18.7 Å². The van der Waals surface area contributed by atoms with Gasteiger partial charge in [-0.15, -0.1) is 0 Å². The van der Waals surface area contributed by atoms with Crippen LogP contribution in [-0.2, 0) is 6.18 Å². The number of carbonyl (C=O) groups excluding carboxylic acids is 2. The van der Waals surface area contributed by atoms with Crippen molar-refractivity contribution in [1.29, 1.82) is 0 Å². The number of halogens is 3. The van der Waals surface area contributed by atoms with E-state index in [-0.39, 0.29) is 17.3 Å². The molecular formula is C18H18F3N3O2. The molecule has 0 aliphatic heterocycles. The summed E-state index contributed by atoms with van der Waals surface area (Å²) in [7, 11) is 0. The number of rotatable bonds is 5. The predicted molar refractivity (Wildman–Crippen MR) is 90.9 cm³/mol. The molecule has 0 radical (unpaired) electrons. The molecular weight excluding hydrogens is 347 g/mol. The van der Waals surface area contributed by atoms with E-state index in [2.05, 4.69) is 10.3 Å². The van der Waals surface area contributed by atoms with Gasteiger partial charge in [0.05, 0.1) is 5.56 Å². The van der Waals surface area contributed by atoms with Gasteiger partial charge in [0.15, 0.2) is 0 Å². The summed E-state index contributed by atoms with van der Waals surface area (Å²) in [5, 5.41) is 2.47. The van der Waals surface area contributed by atoms with Gasteiger partial charge < -0.3 is 10.2 Å². The van der Waals surface area contributed by atoms with Crippen molar-refractivity contribution >= 4 is 17.5 Å². The summed E-state index contributed by atoms with van der Waals surface area (Å²) in [6, 6.07) is 6.94. The number of nitrogens with zero attached hydrogens (tertiary/aromatic N) is 2. The van der Waals surface area contributed by atoms with Crippen molar-refractivity contribution in [3.63, 3.8) is 0 Å². The lowest BCUT2D eigenvalue weighted by Crippen LogP contribution is -2.30. The van der Waals surface area contributed by atoms with Gasteiger partial charge in [-0.2, -0.15) is 13.2 Å². The second-order valence-corrected chi connectivity index (χ2v) is 5.44.